The number of ether oxygens (including phenoxy) is 3. The van der Waals surface area contributed by atoms with Gasteiger partial charge in [0.05, 0.1) is 12.7 Å². The van der Waals surface area contributed by atoms with Crippen LogP contribution in [0.15, 0.2) is 0 Å². The lowest BCUT2D eigenvalue weighted by atomic mass is 9.98. The molecule has 6 nitrogen and oxygen atoms in total. The Morgan fingerprint density at radius 2 is 1.48 bits per heavy atom. The first kappa shape index (κ1) is 23.0. The van der Waals surface area contributed by atoms with Crippen molar-refractivity contribution in [2.75, 3.05) is 19.8 Å². The van der Waals surface area contributed by atoms with Crippen molar-refractivity contribution in [1.29, 1.82) is 0 Å². The van der Waals surface area contributed by atoms with E-state index in [1.807, 2.05) is 0 Å². The summed E-state index contributed by atoms with van der Waals surface area (Å²) in [4.78, 5) is 0. The quantitative estimate of drug-likeness (QED) is 0.397. The van der Waals surface area contributed by atoms with Crippen LogP contribution in [0, 0.1) is 5.41 Å². The fraction of sp³-hybridized carbons (Fsp3) is 1.00. The molecule has 2 aliphatic rings. The Bertz CT molecular complexity index is 454. The van der Waals surface area contributed by atoms with Crippen molar-refractivity contribution in [1.82, 2.24) is 0 Å². The molecule has 5 atom stereocenters. The standard InChI is InChI=1S/C21H40O6/c1-5-6-7-8-9-10-11-13-25-14-12-15-26-18-21(24)19(3,4)20(21,23)17(27-18)16(2)22/h16-18,22-24H,5-15H2,1-4H3/t16-,17-,18+,20-,21+/m1/s1. The average Bonchev–Trinajstić information content (AvgIpc) is 2.84. The summed E-state index contributed by atoms with van der Waals surface area (Å²) in [5, 5.41) is 31.6. The summed E-state index contributed by atoms with van der Waals surface area (Å²) in [5.74, 6) is 0. The van der Waals surface area contributed by atoms with Crippen LogP contribution in [0.1, 0.15) is 79.1 Å². The number of rotatable bonds is 14. The number of aliphatic hydroxyl groups is 3. The molecule has 1 saturated heterocycles. The van der Waals surface area contributed by atoms with Crippen molar-refractivity contribution in [2.45, 2.75) is 109 Å². The van der Waals surface area contributed by atoms with Gasteiger partial charge in [0.2, 0.25) is 0 Å². The number of unbranched alkanes of at least 4 members (excludes halogenated alkanes) is 6. The van der Waals surface area contributed by atoms with Gasteiger partial charge in [0.15, 0.2) is 11.9 Å². The van der Waals surface area contributed by atoms with E-state index >= 15 is 0 Å². The summed E-state index contributed by atoms with van der Waals surface area (Å²) >= 11 is 0. The zero-order valence-electron chi connectivity index (χ0n) is 17.6. The lowest BCUT2D eigenvalue weighted by Gasteiger charge is -2.28. The van der Waals surface area contributed by atoms with Crippen molar-refractivity contribution in [2.24, 2.45) is 5.41 Å². The highest BCUT2D eigenvalue weighted by molar-refractivity contribution is 5.39. The van der Waals surface area contributed by atoms with E-state index in [0.717, 1.165) is 13.0 Å². The predicted octanol–water partition coefficient (Wildman–Crippen LogP) is 2.77. The van der Waals surface area contributed by atoms with Crippen LogP contribution in [-0.2, 0) is 14.2 Å². The molecule has 1 aliphatic heterocycles. The van der Waals surface area contributed by atoms with Crippen LogP contribution >= 0.6 is 0 Å². The summed E-state index contributed by atoms with van der Waals surface area (Å²) < 4.78 is 16.9. The van der Waals surface area contributed by atoms with Crippen LogP contribution in [0.4, 0.5) is 0 Å². The Balaban J connectivity index is 1.56. The first-order chi connectivity index (χ1) is 12.7. The maximum Gasteiger partial charge on any atom is 0.190 e. The molecular weight excluding hydrogens is 348 g/mol. The van der Waals surface area contributed by atoms with Crippen LogP contribution in [0.2, 0.25) is 0 Å². The maximum absolute atomic E-state index is 10.9. The molecule has 0 aromatic heterocycles. The lowest BCUT2D eigenvalue weighted by molar-refractivity contribution is -0.221. The summed E-state index contributed by atoms with van der Waals surface area (Å²) in [5.41, 5.74) is -3.75. The van der Waals surface area contributed by atoms with Crippen LogP contribution in [-0.4, -0.2) is 64.8 Å². The number of hydrogen-bond donors (Lipinski definition) is 3. The second-order valence-corrected chi connectivity index (χ2v) is 8.75. The van der Waals surface area contributed by atoms with E-state index in [1.54, 1.807) is 20.8 Å². The minimum absolute atomic E-state index is 0.378. The SMILES string of the molecule is CCCCCCCCCOCCCO[C@H]1O[C@H]([C@@H](C)O)[C@@]2(O)C(C)(C)[C@@]12O. The summed E-state index contributed by atoms with van der Waals surface area (Å²) in [7, 11) is 0. The van der Waals surface area contributed by atoms with Gasteiger partial charge in [-0.05, 0) is 19.8 Å². The van der Waals surface area contributed by atoms with Crippen molar-refractivity contribution >= 4 is 0 Å². The third kappa shape index (κ3) is 4.21. The van der Waals surface area contributed by atoms with Gasteiger partial charge in [0, 0.05) is 18.6 Å². The van der Waals surface area contributed by atoms with E-state index in [4.69, 9.17) is 14.2 Å². The molecule has 0 spiro atoms. The molecule has 160 valence electrons. The molecule has 3 N–H and O–H groups in total. The molecule has 2 rings (SSSR count). The van der Waals surface area contributed by atoms with Gasteiger partial charge in [-0.15, -0.1) is 0 Å². The molecule has 1 saturated carbocycles. The van der Waals surface area contributed by atoms with E-state index in [9.17, 15) is 15.3 Å². The van der Waals surface area contributed by atoms with Gasteiger partial charge < -0.3 is 29.5 Å². The molecule has 0 bridgehead atoms. The molecule has 6 heteroatoms. The highest BCUT2D eigenvalue weighted by Crippen LogP contribution is 2.73. The largest absolute Gasteiger partial charge is 0.391 e. The van der Waals surface area contributed by atoms with Gasteiger partial charge >= 0.3 is 0 Å². The van der Waals surface area contributed by atoms with Crippen LogP contribution in [0.3, 0.4) is 0 Å². The van der Waals surface area contributed by atoms with Crippen LogP contribution in [0.5, 0.6) is 0 Å². The molecule has 0 unspecified atom stereocenters. The molecule has 1 aliphatic carbocycles. The Kier molecular flexibility index (Phi) is 8.11. The lowest BCUT2D eigenvalue weighted by Crippen LogP contribution is -2.41. The van der Waals surface area contributed by atoms with Gasteiger partial charge in [-0.1, -0.05) is 59.3 Å². The molecule has 27 heavy (non-hydrogen) atoms. The molecule has 1 heterocycles. The van der Waals surface area contributed by atoms with Gasteiger partial charge in [0.25, 0.3) is 0 Å². The molecule has 0 radical (unpaired) electrons. The highest BCUT2D eigenvalue weighted by Gasteiger charge is 2.93. The summed E-state index contributed by atoms with van der Waals surface area (Å²) in [6.45, 7) is 9.08. The second kappa shape index (κ2) is 9.51. The minimum atomic E-state index is -1.49. The third-order valence-electron chi connectivity index (χ3n) is 6.48. The Morgan fingerprint density at radius 3 is 2.07 bits per heavy atom. The molecule has 0 aromatic carbocycles. The van der Waals surface area contributed by atoms with Gasteiger partial charge in [-0.2, -0.15) is 0 Å². The minimum Gasteiger partial charge on any atom is -0.391 e. The van der Waals surface area contributed by atoms with Crippen molar-refractivity contribution in [3.8, 4) is 0 Å². The van der Waals surface area contributed by atoms with Gasteiger partial charge in [0.1, 0.15) is 11.7 Å². The Labute approximate surface area is 164 Å². The second-order valence-electron chi connectivity index (χ2n) is 8.75. The van der Waals surface area contributed by atoms with E-state index in [2.05, 4.69) is 6.92 Å². The van der Waals surface area contributed by atoms with E-state index < -0.39 is 35.1 Å². The first-order valence-corrected chi connectivity index (χ1v) is 10.7. The molecule has 0 amide bonds. The highest BCUT2D eigenvalue weighted by atomic mass is 16.7. The number of hydrogen-bond acceptors (Lipinski definition) is 6. The topological polar surface area (TPSA) is 88.4 Å². The van der Waals surface area contributed by atoms with Crippen LogP contribution in [0.25, 0.3) is 0 Å². The van der Waals surface area contributed by atoms with Crippen molar-refractivity contribution in [3.63, 3.8) is 0 Å². The fourth-order valence-corrected chi connectivity index (χ4v) is 4.51. The van der Waals surface area contributed by atoms with E-state index in [0.29, 0.717) is 19.6 Å². The third-order valence-corrected chi connectivity index (χ3v) is 6.48. The smallest absolute Gasteiger partial charge is 0.190 e. The van der Waals surface area contributed by atoms with Crippen LogP contribution < -0.4 is 0 Å². The Morgan fingerprint density at radius 1 is 0.889 bits per heavy atom. The molecular formula is C21H40O6. The maximum atomic E-state index is 10.9. The zero-order valence-corrected chi connectivity index (χ0v) is 17.6. The normalized spacial score (nSPS) is 35.2. The fourth-order valence-electron chi connectivity index (χ4n) is 4.51. The Hall–Kier alpha value is -0.240. The summed E-state index contributed by atoms with van der Waals surface area (Å²) in [6, 6.07) is 0. The average molecular weight is 389 g/mol. The summed E-state index contributed by atoms with van der Waals surface area (Å²) in [6.07, 6.45) is 6.91. The predicted molar refractivity (Wildman–Crippen MR) is 103 cm³/mol. The number of aliphatic hydroxyl groups excluding tert-OH is 1. The number of fused-ring (bicyclic) bond motifs is 1. The zero-order chi connectivity index (χ0) is 20.1. The monoisotopic (exact) mass is 388 g/mol. The van der Waals surface area contributed by atoms with Crippen molar-refractivity contribution in [3.05, 3.63) is 0 Å². The van der Waals surface area contributed by atoms with Gasteiger partial charge in [-0.25, -0.2) is 0 Å². The molecule has 0 aromatic rings. The van der Waals surface area contributed by atoms with Crippen molar-refractivity contribution < 1.29 is 29.5 Å². The van der Waals surface area contributed by atoms with E-state index in [1.165, 1.54) is 38.5 Å². The molecule has 2 fully saturated rings. The van der Waals surface area contributed by atoms with E-state index in [-0.39, 0.29) is 0 Å². The van der Waals surface area contributed by atoms with Gasteiger partial charge in [-0.3, -0.25) is 0 Å². The first-order valence-electron chi connectivity index (χ1n) is 10.7.